The fourth-order valence-corrected chi connectivity index (χ4v) is 1.12. The average Bonchev–Trinajstić information content (AvgIpc) is 2.07. The molecule has 0 bridgehead atoms. The number of rotatable bonds is 1. The van der Waals surface area contributed by atoms with Gasteiger partial charge in [-0.1, -0.05) is 6.07 Å². The summed E-state index contributed by atoms with van der Waals surface area (Å²) in [4.78, 5) is 0. The van der Waals surface area contributed by atoms with Gasteiger partial charge in [0.25, 0.3) is 0 Å². The molecule has 0 heterocycles. The van der Waals surface area contributed by atoms with Gasteiger partial charge in [0, 0.05) is 0 Å². The highest BCUT2D eigenvalue weighted by Crippen LogP contribution is 2.33. The zero-order valence-electron chi connectivity index (χ0n) is 6.65. The van der Waals surface area contributed by atoms with Gasteiger partial charge in [-0.2, -0.15) is 13.2 Å². The average molecular weight is 273 g/mol. The first-order valence-electron chi connectivity index (χ1n) is 3.52. The van der Waals surface area contributed by atoms with E-state index < -0.39 is 23.7 Å². The first kappa shape index (κ1) is 11.5. The number of aliphatic hydroxyl groups is 1. The highest BCUT2D eigenvalue weighted by atomic mass is 79.9. The zero-order valence-corrected chi connectivity index (χ0v) is 8.23. The molecule has 78 valence electrons. The Balaban J connectivity index is 3.03. The summed E-state index contributed by atoms with van der Waals surface area (Å²) in [6.07, 6.45) is -7.43. The van der Waals surface area contributed by atoms with E-state index >= 15 is 0 Å². The zero-order chi connectivity index (χ0) is 10.9. The molecule has 1 aromatic carbocycles. The Bertz CT molecular complexity index is 337. The summed E-state index contributed by atoms with van der Waals surface area (Å²) < 4.78 is 48.8. The van der Waals surface area contributed by atoms with Crippen molar-refractivity contribution in [1.29, 1.82) is 0 Å². The largest absolute Gasteiger partial charge is 0.418 e. The molecule has 0 saturated carbocycles. The first-order valence-corrected chi connectivity index (χ1v) is 4.31. The lowest BCUT2D eigenvalue weighted by Crippen LogP contribution is -2.20. The van der Waals surface area contributed by atoms with E-state index in [9.17, 15) is 17.6 Å². The van der Waals surface area contributed by atoms with Crippen LogP contribution in [0.25, 0.3) is 0 Å². The van der Waals surface area contributed by atoms with Gasteiger partial charge in [0.05, 0.1) is 4.47 Å². The third-order valence-electron chi connectivity index (χ3n) is 1.57. The molecule has 0 aliphatic heterocycles. The van der Waals surface area contributed by atoms with Crippen molar-refractivity contribution < 1.29 is 22.7 Å². The summed E-state index contributed by atoms with van der Waals surface area (Å²) in [5.74, 6) is -0.842. The molecule has 0 aliphatic carbocycles. The second-order valence-electron chi connectivity index (χ2n) is 2.62. The fourth-order valence-electron chi connectivity index (χ4n) is 0.871. The number of halogens is 5. The number of alkyl halides is 3. The Labute approximate surface area is 85.5 Å². The van der Waals surface area contributed by atoms with Crippen molar-refractivity contribution in [3.63, 3.8) is 0 Å². The van der Waals surface area contributed by atoms with E-state index in [0.717, 1.165) is 12.1 Å². The van der Waals surface area contributed by atoms with Crippen LogP contribution in [-0.2, 0) is 0 Å². The Morgan fingerprint density at radius 3 is 2.29 bits per heavy atom. The van der Waals surface area contributed by atoms with Crippen LogP contribution < -0.4 is 0 Å². The molecule has 1 nitrogen and oxygen atoms in total. The topological polar surface area (TPSA) is 20.2 Å². The lowest BCUT2D eigenvalue weighted by Gasteiger charge is -2.14. The minimum atomic E-state index is -4.78. The molecule has 0 saturated heterocycles. The third-order valence-corrected chi connectivity index (χ3v) is 2.21. The van der Waals surface area contributed by atoms with Gasteiger partial charge in [0.1, 0.15) is 5.82 Å². The molecule has 1 atom stereocenters. The molecule has 1 rings (SSSR count). The predicted molar refractivity (Wildman–Crippen MR) is 45.1 cm³/mol. The molecule has 0 fully saturated rings. The molecule has 0 spiro atoms. The first-order chi connectivity index (χ1) is 6.32. The molecule has 14 heavy (non-hydrogen) atoms. The lowest BCUT2D eigenvalue weighted by molar-refractivity contribution is -0.206. The molecule has 0 radical (unpaired) electrons. The van der Waals surface area contributed by atoms with Gasteiger partial charge in [-0.25, -0.2) is 4.39 Å². The Morgan fingerprint density at radius 2 is 1.86 bits per heavy atom. The summed E-state index contributed by atoms with van der Waals surface area (Å²) in [6, 6.07) is 2.76. The number of aliphatic hydroxyl groups excluding tert-OH is 1. The summed E-state index contributed by atoms with van der Waals surface area (Å²) in [5, 5.41) is 8.77. The van der Waals surface area contributed by atoms with Crippen molar-refractivity contribution >= 4 is 15.9 Å². The van der Waals surface area contributed by atoms with Gasteiger partial charge >= 0.3 is 6.18 Å². The Kier molecular flexibility index (Phi) is 3.16. The minimum absolute atomic E-state index is 0.0515. The van der Waals surface area contributed by atoms with Gasteiger partial charge in [-0.3, -0.25) is 0 Å². The second kappa shape index (κ2) is 3.86. The normalized spacial score (nSPS) is 14.1. The molecule has 0 aromatic heterocycles. The number of hydrogen-bond donors (Lipinski definition) is 1. The summed E-state index contributed by atoms with van der Waals surface area (Å²) in [6.45, 7) is 0. The smallest absolute Gasteiger partial charge is 0.379 e. The van der Waals surface area contributed by atoms with Gasteiger partial charge in [-0.05, 0) is 33.6 Å². The van der Waals surface area contributed by atoms with Crippen molar-refractivity contribution in [2.24, 2.45) is 0 Å². The van der Waals surface area contributed by atoms with E-state index in [2.05, 4.69) is 15.9 Å². The monoisotopic (exact) mass is 272 g/mol. The Hall–Kier alpha value is -0.620. The molecular weight excluding hydrogens is 268 g/mol. The van der Waals surface area contributed by atoms with Crippen LogP contribution in [0.15, 0.2) is 22.7 Å². The molecule has 0 aliphatic rings. The van der Waals surface area contributed by atoms with E-state index in [-0.39, 0.29) is 4.47 Å². The molecule has 1 N–H and O–H groups in total. The van der Waals surface area contributed by atoms with Crippen LogP contribution in [0.4, 0.5) is 17.6 Å². The summed E-state index contributed by atoms with van der Waals surface area (Å²) >= 11 is 2.79. The van der Waals surface area contributed by atoms with Crippen molar-refractivity contribution in [3.8, 4) is 0 Å². The van der Waals surface area contributed by atoms with Crippen LogP contribution in [0.3, 0.4) is 0 Å². The Morgan fingerprint density at radius 1 is 1.29 bits per heavy atom. The van der Waals surface area contributed by atoms with Gasteiger partial charge < -0.3 is 5.11 Å². The van der Waals surface area contributed by atoms with Crippen molar-refractivity contribution in [2.75, 3.05) is 0 Å². The van der Waals surface area contributed by atoms with Crippen LogP contribution in [0.5, 0.6) is 0 Å². The van der Waals surface area contributed by atoms with Crippen molar-refractivity contribution in [3.05, 3.63) is 34.1 Å². The maximum absolute atomic E-state index is 12.8. The van der Waals surface area contributed by atoms with Crippen molar-refractivity contribution in [2.45, 2.75) is 12.3 Å². The molecular formula is C8H5BrF4O. The van der Waals surface area contributed by atoms with Crippen LogP contribution in [0.2, 0.25) is 0 Å². The summed E-state index contributed by atoms with van der Waals surface area (Å²) in [5.41, 5.74) is -0.516. The van der Waals surface area contributed by atoms with Crippen LogP contribution in [0.1, 0.15) is 11.7 Å². The molecule has 0 amide bonds. The maximum atomic E-state index is 12.8. The number of hydrogen-bond acceptors (Lipinski definition) is 1. The SMILES string of the molecule is O[C@H](c1ccc(Br)c(F)c1)C(F)(F)F. The van der Waals surface area contributed by atoms with Gasteiger partial charge in [0.15, 0.2) is 6.10 Å². The molecule has 6 heteroatoms. The van der Waals surface area contributed by atoms with E-state index in [1.807, 2.05) is 0 Å². The maximum Gasteiger partial charge on any atom is 0.418 e. The van der Waals surface area contributed by atoms with E-state index in [1.165, 1.54) is 0 Å². The lowest BCUT2D eigenvalue weighted by atomic mass is 10.1. The van der Waals surface area contributed by atoms with Crippen LogP contribution >= 0.6 is 15.9 Å². The van der Waals surface area contributed by atoms with Gasteiger partial charge in [-0.15, -0.1) is 0 Å². The second-order valence-corrected chi connectivity index (χ2v) is 3.47. The van der Waals surface area contributed by atoms with E-state index in [4.69, 9.17) is 5.11 Å². The third kappa shape index (κ3) is 2.45. The standard InChI is InChI=1S/C8H5BrF4O/c9-5-2-1-4(3-6(5)10)7(14)8(11,12)13/h1-3,7,14H/t7-/m1/s1. The predicted octanol–water partition coefficient (Wildman–Crippen LogP) is 3.18. The number of benzene rings is 1. The van der Waals surface area contributed by atoms with Gasteiger partial charge in [0.2, 0.25) is 0 Å². The highest BCUT2D eigenvalue weighted by molar-refractivity contribution is 9.10. The van der Waals surface area contributed by atoms with Crippen molar-refractivity contribution in [1.82, 2.24) is 0 Å². The molecule has 1 aromatic rings. The van der Waals surface area contributed by atoms with E-state index in [1.54, 1.807) is 0 Å². The quantitative estimate of drug-likeness (QED) is 0.779. The summed E-state index contributed by atoms with van der Waals surface area (Å²) in [7, 11) is 0. The fraction of sp³-hybridized carbons (Fsp3) is 0.250. The van der Waals surface area contributed by atoms with E-state index in [0.29, 0.717) is 6.07 Å². The highest BCUT2D eigenvalue weighted by Gasteiger charge is 2.39. The molecule has 0 unspecified atom stereocenters. The van der Waals surface area contributed by atoms with Crippen LogP contribution in [0, 0.1) is 5.82 Å². The minimum Gasteiger partial charge on any atom is -0.379 e. The van der Waals surface area contributed by atoms with Crippen LogP contribution in [-0.4, -0.2) is 11.3 Å².